The molecule has 3 N–H and O–H groups in total. The zero-order chi connectivity index (χ0) is 9.30. The van der Waals surface area contributed by atoms with E-state index in [1.165, 1.54) is 7.11 Å². The van der Waals surface area contributed by atoms with Crippen molar-refractivity contribution in [3.63, 3.8) is 0 Å². The van der Waals surface area contributed by atoms with Crippen LogP contribution in [-0.2, 0) is 9.47 Å². The maximum absolute atomic E-state index is 9.22. The van der Waals surface area contributed by atoms with Gasteiger partial charge in [-0.05, 0) is 0 Å². The summed E-state index contributed by atoms with van der Waals surface area (Å²) in [6.45, 7) is 3.35. The highest BCUT2D eigenvalue weighted by molar-refractivity contribution is 5.03. The van der Waals surface area contributed by atoms with Crippen LogP contribution >= 0.6 is 0 Å². The molecular weight excluding hydrogens is 164 g/mol. The molecule has 12 heavy (non-hydrogen) atoms. The second kappa shape index (κ2) is 3.40. The number of ether oxygens (including phenoxy) is 2. The van der Waals surface area contributed by atoms with E-state index in [-0.39, 0.29) is 5.76 Å². The van der Waals surface area contributed by atoms with Crippen LogP contribution in [0.15, 0.2) is 12.3 Å². The normalized spacial score (nSPS) is 42.5. The number of methoxy groups -OCH3 is 1. The lowest BCUT2D eigenvalue weighted by molar-refractivity contribution is -0.235. The van der Waals surface area contributed by atoms with Crippen molar-refractivity contribution in [2.24, 2.45) is 0 Å². The van der Waals surface area contributed by atoms with E-state index in [9.17, 15) is 10.2 Å². The molecule has 0 aromatic rings. The van der Waals surface area contributed by atoms with Gasteiger partial charge in [-0.25, -0.2) is 0 Å². The van der Waals surface area contributed by atoms with Gasteiger partial charge in [0, 0.05) is 7.11 Å². The van der Waals surface area contributed by atoms with E-state index in [4.69, 9.17) is 9.84 Å². The molecule has 1 saturated heterocycles. The van der Waals surface area contributed by atoms with Crippen LogP contribution in [-0.4, -0.2) is 47.0 Å². The Balaban J connectivity index is 2.70. The monoisotopic (exact) mass is 176 g/mol. The highest BCUT2D eigenvalue weighted by atomic mass is 16.7. The SMILES string of the molecule is C=C1O[C@@H](OC)[C@@H](O)[C@@H](O)[C@@H]1O. The van der Waals surface area contributed by atoms with Crippen molar-refractivity contribution in [2.45, 2.75) is 24.6 Å². The van der Waals surface area contributed by atoms with Gasteiger partial charge in [0.25, 0.3) is 0 Å². The topological polar surface area (TPSA) is 79.2 Å². The van der Waals surface area contributed by atoms with Crippen molar-refractivity contribution in [1.29, 1.82) is 0 Å². The van der Waals surface area contributed by atoms with E-state index in [1.54, 1.807) is 0 Å². The minimum absolute atomic E-state index is 0.000324. The fourth-order valence-corrected chi connectivity index (χ4v) is 1.01. The summed E-state index contributed by atoms with van der Waals surface area (Å²) in [6, 6.07) is 0. The summed E-state index contributed by atoms with van der Waals surface area (Å²) in [6.07, 6.45) is -4.78. The Morgan fingerprint density at radius 2 is 1.92 bits per heavy atom. The Morgan fingerprint density at radius 1 is 1.33 bits per heavy atom. The predicted molar refractivity (Wildman–Crippen MR) is 39.0 cm³/mol. The van der Waals surface area contributed by atoms with Crippen molar-refractivity contribution >= 4 is 0 Å². The standard InChI is InChI=1S/C7H12O5/c1-3-4(8)5(9)6(10)7(11-2)12-3/h4-10H,1H2,2H3/t4-,5+,6+,7-/m1/s1. The van der Waals surface area contributed by atoms with Crippen LogP contribution in [0.1, 0.15) is 0 Å². The summed E-state index contributed by atoms with van der Waals surface area (Å²) in [5.74, 6) is -0.000324. The van der Waals surface area contributed by atoms with Gasteiger partial charge in [0.1, 0.15) is 24.1 Å². The Labute approximate surface area is 69.8 Å². The van der Waals surface area contributed by atoms with Gasteiger partial charge in [-0.3, -0.25) is 0 Å². The van der Waals surface area contributed by atoms with Crippen LogP contribution in [0.5, 0.6) is 0 Å². The molecule has 0 radical (unpaired) electrons. The second-order valence-electron chi connectivity index (χ2n) is 2.61. The maximum Gasteiger partial charge on any atom is 0.228 e. The first-order chi connectivity index (χ1) is 5.57. The Bertz CT molecular complexity index is 179. The van der Waals surface area contributed by atoms with Gasteiger partial charge in [0.05, 0.1) is 0 Å². The van der Waals surface area contributed by atoms with Crippen molar-refractivity contribution in [1.82, 2.24) is 0 Å². The molecule has 1 aliphatic rings. The van der Waals surface area contributed by atoms with Gasteiger partial charge in [0.15, 0.2) is 0 Å². The summed E-state index contributed by atoms with van der Waals surface area (Å²) < 4.78 is 9.54. The fourth-order valence-electron chi connectivity index (χ4n) is 1.01. The number of hydrogen-bond donors (Lipinski definition) is 3. The summed E-state index contributed by atoms with van der Waals surface area (Å²) in [4.78, 5) is 0. The summed E-state index contributed by atoms with van der Waals surface area (Å²) in [7, 11) is 1.32. The second-order valence-corrected chi connectivity index (χ2v) is 2.61. The highest BCUT2D eigenvalue weighted by Gasteiger charge is 2.40. The number of rotatable bonds is 1. The molecule has 1 rings (SSSR count). The van der Waals surface area contributed by atoms with Crippen LogP contribution in [0.2, 0.25) is 0 Å². The minimum Gasteiger partial charge on any atom is -0.464 e. The Morgan fingerprint density at radius 3 is 2.42 bits per heavy atom. The first kappa shape index (κ1) is 9.47. The van der Waals surface area contributed by atoms with Crippen LogP contribution in [0.25, 0.3) is 0 Å². The summed E-state index contributed by atoms with van der Waals surface area (Å²) in [5.41, 5.74) is 0. The molecule has 0 aliphatic carbocycles. The number of aliphatic hydroxyl groups excluding tert-OH is 3. The number of aliphatic hydroxyl groups is 3. The first-order valence-electron chi connectivity index (χ1n) is 3.50. The molecular formula is C7H12O5. The zero-order valence-electron chi connectivity index (χ0n) is 6.67. The molecule has 1 aliphatic heterocycles. The first-order valence-corrected chi connectivity index (χ1v) is 3.50. The molecule has 0 spiro atoms. The van der Waals surface area contributed by atoms with Gasteiger partial charge >= 0.3 is 0 Å². The average Bonchev–Trinajstić information content (AvgIpc) is 2.08. The summed E-state index contributed by atoms with van der Waals surface area (Å²) in [5, 5.41) is 27.6. The third-order valence-corrected chi connectivity index (χ3v) is 1.78. The van der Waals surface area contributed by atoms with Crippen molar-refractivity contribution < 1.29 is 24.8 Å². The zero-order valence-corrected chi connectivity index (χ0v) is 6.67. The predicted octanol–water partition coefficient (Wildman–Crippen LogP) is -1.41. The van der Waals surface area contributed by atoms with Crippen molar-refractivity contribution in [2.75, 3.05) is 7.11 Å². The molecule has 1 heterocycles. The molecule has 0 bridgehead atoms. The van der Waals surface area contributed by atoms with Crippen LogP contribution < -0.4 is 0 Å². The molecule has 5 nitrogen and oxygen atoms in total. The average molecular weight is 176 g/mol. The third-order valence-electron chi connectivity index (χ3n) is 1.78. The lowest BCUT2D eigenvalue weighted by Gasteiger charge is -2.35. The van der Waals surface area contributed by atoms with Crippen molar-refractivity contribution in [3.05, 3.63) is 12.3 Å². The smallest absolute Gasteiger partial charge is 0.228 e. The van der Waals surface area contributed by atoms with Crippen molar-refractivity contribution in [3.8, 4) is 0 Å². The molecule has 0 aromatic carbocycles. The molecule has 0 saturated carbocycles. The largest absolute Gasteiger partial charge is 0.464 e. The molecule has 0 amide bonds. The van der Waals surface area contributed by atoms with Gasteiger partial charge in [0.2, 0.25) is 6.29 Å². The lowest BCUT2D eigenvalue weighted by atomic mass is 10.0. The number of hydrogen-bond acceptors (Lipinski definition) is 5. The fraction of sp³-hybridized carbons (Fsp3) is 0.714. The van der Waals surface area contributed by atoms with Gasteiger partial charge < -0.3 is 24.8 Å². The highest BCUT2D eigenvalue weighted by Crippen LogP contribution is 2.22. The molecule has 70 valence electrons. The Hall–Kier alpha value is -0.620. The third kappa shape index (κ3) is 1.44. The Kier molecular flexibility index (Phi) is 2.69. The van der Waals surface area contributed by atoms with E-state index in [0.717, 1.165) is 0 Å². The van der Waals surface area contributed by atoms with E-state index < -0.39 is 24.6 Å². The van der Waals surface area contributed by atoms with Crippen LogP contribution in [0.3, 0.4) is 0 Å². The van der Waals surface area contributed by atoms with Gasteiger partial charge in [-0.15, -0.1) is 0 Å². The molecule has 0 unspecified atom stereocenters. The van der Waals surface area contributed by atoms with Gasteiger partial charge in [-0.1, -0.05) is 6.58 Å². The van der Waals surface area contributed by atoms with E-state index >= 15 is 0 Å². The van der Waals surface area contributed by atoms with Gasteiger partial charge in [-0.2, -0.15) is 0 Å². The molecule has 1 fully saturated rings. The van der Waals surface area contributed by atoms with Crippen LogP contribution in [0, 0.1) is 0 Å². The quantitative estimate of drug-likeness (QED) is 0.457. The van der Waals surface area contributed by atoms with Crippen LogP contribution in [0.4, 0.5) is 0 Å². The van der Waals surface area contributed by atoms with E-state index in [0.29, 0.717) is 0 Å². The molecule has 4 atom stereocenters. The van der Waals surface area contributed by atoms with E-state index in [2.05, 4.69) is 11.3 Å². The molecule has 5 heteroatoms. The maximum atomic E-state index is 9.22. The van der Waals surface area contributed by atoms with E-state index in [1.807, 2.05) is 0 Å². The summed E-state index contributed by atoms with van der Waals surface area (Å²) >= 11 is 0. The molecule has 0 aromatic heterocycles. The minimum atomic E-state index is -1.31. The lowest BCUT2D eigenvalue weighted by Crippen LogP contribution is -2.52.